The molecule has 2 fully saturated rings. The molecule has 21 heavy (non-hydrogen) atoms. The molecule has 7 heteroatoms. The Labute approximate surface area is 125 Å². The van der Waals surface area contributed by atoms with Crippen molar-refractivity contribution in [1.82, 2.24) is 4.90 Å². The van der Waals surface area contributed by atoms with E-state index in [4.69, 9.17) is 20.4 Å². The van der Waals surface area contributed by atoms with Crippen LogP contribution in [0.3, 0.4) is 0 Å². The summed E-state index contributed by atoms with van der Waals surface area (Å²) in [4.78, 5) is 15.0. The van der Waals surface area contributed by atoms with Gasteiger partial charge < -0.3 is 25.3 Å². The molecule has 2 unspecified atom stereocenters. The summed E-state index contributed by atoms with van der Waals surface area (Å²) in [5.41, 5.74) is 4.93. The Morgan fingerprint density at radius 1 is 1.48 bits per heavy atom. The lowest BCUT2D eigenvalue weighted by Gasteiger charge is -2.44. The number of ether oxygens (including phenoxy) is 2. The zero-order chi connectivity index (χ0) is 15.5. The first-order valence-corrected chi connectivity index (χ1v) is 7.53. The summed E-state index contributed by atoms with van der Waals surface area (Å²) >= 11 is 0. The monoisotopic (exact) mass is 299 g/mol. The number of amidine groups is 1. The van der Waals surface area contributed by atoms with E-state index in [9.17, 15) is 4.79 Å². The van der Waals surface area contributed by atoms with Crippen LogP contribution in [0, 0.1) is 5.41 Å². The van der Waals surface area contributed by atoms with Gasteiger partial charge in [-0.1, -0.05) is 12.1 Å². The maximum atomic E-state index is 13.1. The highest BCUT2D eigenvalue weighted by atomic mass is 16.5. The van der Waals surface area contributed by atoms with E-state index in [0.717, 1.165) is 6.42 Å². The normalized spacial score (nSPS) is 30.2. The van der Waals surface area contributed by atoms with Crippen molar-refractivity contribution >= 4 is 11.7 Å². The van der Waals surface area contributed by atoms with Crippen LogP contribution in [0.4, 0.5) is 0 Å². The van der Waals surface area contributed by atoms with Crippen LogP contribution < -0.4 is 5.73 Å². The highest BCUT2D eigenvalue weighted by Crippen LogP contribution is 2.35. The zero-order valence-corrected chi connectivity index (χ0v) is 12.7. The van der Waals surface area contributed by atoms with Crippen molar-refractivity contribution in [1.29, 1.82) is 0 Å². The maximum Gasteiger partial charge on any atom is 0.237 e. The summed E-state index contributed by atoms with van der Waals surface area (Å²) in [7, 11) is 0. The van der Waals surface area contributed by atoms with Crippen LogP contribution in [0.5, 0.6) is 0 Å². The molecular weight excluding hydrogens is 274 g/mol. The summed E-state index contributed by atoms with van der Waals surface area (Å²) in [6.07, 6.45) is 1.72. The molecule has 0 aliphatic carbocycles. The first-order valence-electron chi connectivity index (χ1n) is 7.53. The molecule has 0 aromatic heterocycles. The highest BCUT2D eigenvalue weighted by molar-refractivity contribution is 6.07. The van der Waals surface area contributed by atoms with Gasteiger partial charge in [-0.15, -0.1) is 0 Å². The van der Waals surface area contributed by atoms with Gasteiger partial charge in [0.15, 0.2) is 5.84 Å². The number of carbonyl (C=O) groups is 1. The Morgan fingerprint density at radius 2 is 2.14 bits per heavy atom. The largest absolute Gasteiger partial charge is 0.409 e. The van der Waals surface area contributed by atoms with Crippen molar-refractivity contribution in [2.75, 3.05) is 26.4 Å². The number of nitrogens with two attached hydrogens (primary N) is 1. The zero-order valence-electron chi connectivity index (χ0n) is 12.7. The van der Waals surface area contributed by atoms with Gasteiger partial charge in [0.05, 0.1) is 18.8 Å². The molecule has 0 aromatic carbocycles. The predicted octanol–water partition coefficient (Wildman–Crippen LogP) is 0.556. The molecule has 2 saturated heterocycles. The number of rotatable bonds is 3. The fraction of sp³-hybridized carbons (Fsp3) is 0.857. The Balaban J connectivity index is 2.28. The molecule has 3 N–H and O–H groups in total. The fourth-order valence-corrected chi connectivity index (χ4v) is 3.10. The molecule has 1 amide bonds. The van der Waals surface area contributed by atoms with E-state index in [2.05, 4.69) is 5.16 Å². The van der Waals surface area contributed by atoms with Gasteiger partial charge in [0, 0.05) is 19.8 Å². The second-order valence-corrected chi connectivity index (χ2v) is 5.84. The number of amides is 1. The lowest BCUT2D eigenvalue weighted by atomic mass is 9.77. The number of hydrogen-bond acceptors (Lipinski definition) is 5. The topological polar surface area (TPSA) is 97.4 Å². The van der Waals surface area contributed by atoms with Crippen molar-refractivity contribution in [3.05, 3.63) is 0 Å². The van der Waals surface area contributed by atoms with E-state index in [1.54, 1.807) is 0 Å². The minimum Gasteiger partial charge on any atom is -0.409 e. The highest BCUT2D eigenvalue weighted by Gasteiger charge is 2.48. The van der Waals surface area contributed by atoms with Crippen molar-refractivity contribution in [2.24, 2.45) is 16.3 Å². The van der Waals surface area contributed by atoms with Gasteiger partial charge in [0.2, 0.25) is 5.91 Å². The Bertz CT molecular complexity index is 407. The van der Waals surface area contributed by atoms with E-state index < -0.39 is 5.41 Å². The van der Waals surface area contributed by atoms with Crippen LogP contribution >= 0.6 is 0 Å². The second-order valence-electron chi connectivity index (χ2n) is 5.84. The lowest BCUT2D eigenvalue weighted by Crippen LogP contribution is -2.60. The second kappa shape index (κ2) is 6.62. The van der Waals surface area contributed by atoms with Crippen LogP contribution in [0.25, 0.3) is 0 Å². The predicted molar refractivity (Wildman–Crippen MR) is 77.1 cm³/mol. The van der Waals surface area contributed by atoms with Crippen LogP contribution in [-0.4, -0.2) is 60.4 Å². The smallest absolute Gasteiger partial charge is 0.237 e. The molecule has 0 saturated carbocycles. The summed E-state index contributed by atoms with van der Waals surface area (Å²) in [6.45, 7) is 5.94. The molecule has 2 rings (SSSR count). The molecule has 0 bridgehead atoms. The Morgan fingerprint density at radius 3 is 2.71 bits per heavy atom. The van der Waals surface area contributed by atoms with E-state index in [0.29, 0.717) is 39.2 Å². The third-order valence-corrected chi connectivity index (χ3v) is 4.55. The molecule has 120 valence electrons. The van der Waals surface area contributed by atoms with Crippen LogP contribution in [0.1, 0.15) is 33.1 Å². The number of morpholine rings is 1. The summed E-state index contributed by atoms with van der Waals surface area (Å²) in [6, 6.07) is 0.0416. The van der Waals surface area contributed by atoms with Crippen molar-refractivity contribution in [3.63, 3.8) is 0 Å². The Hall–Kier alpha value is -1.34. The van der Waals surface area contributed by atoms with Crippen LogP contribution in [-0.2, 0) is 14.3 Å². The average molecular weight is 299 g/mol. The average Bonchev–Trinajstić information content (AvgIpc) is 2.53. The van der Waals surface area contributed by atoms with Gasteiger partial charge in [0.25, 0.3) is 0 Å². The summed E-state index contributed by atoms with van der Waals surface area (Å²) < 4.78 is 11.0. The molecule has 0 radical (unpaired) electrons. The molecule has 7 nitrogen and oxygen atoms in total. The lowest BCUT2D eigenvalue weighted by molar-refractivity contribution is -0.155. The summed E-state index contributed by atoms with van der Waals surface area (Å²) in [5.74, 6) is -0.0760. The number of oxime groups is 1. The van der Waals surface area contributed by atoms with Crippen LogP contribution in [0.15, 0.2) is 5.16 Å². The molecule has 0 spiro atoms. The van der Waals surface area contributed by atoms with Crippen molar-refractivity contribution in [3.8, 4) is 0 Å². The van der Waals surface area contributed by atoms with Gasteiger partial charge in [-0.25, -0.2) is 0 Å². The molecular formula is C14H25N3O4. The first kappa shape index (κ1) is 16.0. The minimum absolute atomic E-state index is 0.000861. The molecule has 2 aliphatic rings. The van der Waals surface area contributed by atoms with E-state index >= 15 is 0 Å². The van der Waals surface area contributed by atoms with Gasteiger partial charge in [-0.3, -0.25) is 4.79 Å². The Kier molecular flexibility index (Phi) is 5.05. The molecule has 0 aromatic rings. The van der Waals surface area contributed by atoms with E-state index in [1.807, 2.05) is 18.7 Å². The maximum absolute atomic E-state index is 13.1. The number of carbonyl (C=O) groups excluding carboxylic acids is 1. The molecule has 2 atom stereocenters. The van der Waals surface area contributed by atoms with Crippen molar-refractivity contribution in [2.45, 2.75) is 45.3 Å². The van der Waals surface area contributed by atoms with Gasteiger partial charge >= 0.3 is 0 Å². The van der Waals surface area contributed by atoms with E-state index in [1.165, 1.54) is 0 Å². The third kappa shape index (κ3) is 2.98. The minimum atomic E-state index is -0.947. The first-order chi connectivity index (χ1) is 10.0. The molecule has 2 heterocycles. The standard InChI is InChI=1S/C14H25N3O4/c1-3-11-9-21-10(2)8-17(11)13(18)14(12(15)16-19)4-6-20-7-5-14/h10-11,19H,3-9H2,1-2H3,(H2,15,16). The number of nitrogens with zero attached hydrogens (tertiary/aromatic N) is 2. The van der Waals surface area contributed by atoms with Gasteiger partial charge in [0.1, 0.15) is 5.41 Å². The van der Waals surface area contributed by atoms with Gasteiger partial charge in [-0.05, 0) is 26.2 Å². The summed E-state index contributed by atoms with van der Waals surface area (Å²) in [5, 5.41) is 12.2. The molecule has 2 aliphatic heterocycles. The van der Waals surface area contributed by atoms with Crippen LogP contribution in [0.2, 0.25) is 0 Å². The quantitative estimate of drug-likeness (QED) is 0.343. The van der Waals surface area contributed by atoms with Crippen molar-refractivity contribution < 1.29 is 19.5 Å². The third-order valence-electron chi connectivity index (χ3n) is 4.55. The van der Waals surface area contributed by atoms with E-state index in [-0.39, 0.29) is 23.9 Å². The van der Waals surface area contributed by atoms with Gasteiger partial charge in [-0.2, -0.15) is 0 Å². The fourth-order valence-electron chi connectivity index (χ4n) is 3.10. The SMILES string of the molecule is CCC1COC(C)CN1C(=O)C1(C(N)=NO)CCOCC1. The number of hydrogen-bond donors (Lipinski definition) is 2.